The van der Waals surface area contributed by atoms with E-state index in [9.17, 15) is 9.59 Å². The van der Waals surface area contributed by atoms with Gasteiger partial charge in [-0.25, -0.2) is 4.98 Å². The second kappa shape index (κ2) is 7.12. The third-order valence-electron chi connectivity index (χ3n) is 3.69. The van der Waals surface area contributed by atoms with Gasteiger partial charge < -0.3 is 15.2 Å². The molecule has 2 amide bonds. The first-order valence-electron chi connectivity index (χ1n) is 8.00. The summed E-state index contributed by atoms with van der Waals surface area (Å²) in [4.78, 5) is 28.6. The summed E-state index contributed by atoms with van der Waals surface area (Å²) in [5.41, 5.74) is 2.50. The lowest BCUT2D eigenvalue weighted by Crippen LogP contribution is -2.24. The third-order valence-corrected chi connectivity index (χ3v) is 3.69. The molecule has 0 bridgehead atoms. The summed E-state index contributed by atoms with van der Waals surface area (Å²) in [5.74, 6) is -0.514. The Balaban J connectivity index is 1.78. The number of amides is 2. The quantitative estimate of drug-likeness (QED) is 0.745. The Labute approximate surface area is 144 Å². The van der Waals surface area contributed by atoms with Gasteiger partial charge >= 0.3 is 0 Å². The Morgan fingerprint density at radius 2 is 1.92 bits per heavy atom. The monoisotopic (exact) mass is 338 g/mol. The number of nitrogens with zero attached hydrogens (tertiary/aromatic N) is 2. The Kier molecular flexibility index (Phi) is 4.74. The minimum Gasteiger partial charge on any atom is -0.352 e. The molecule has 0 aliphatic rings. The second-order valence-corrected chi connectivity index (χ2v) is 5.64. The molecule has 7 heteroatoms. The van der Waals surface area contributed by atoms with E-state index in [1.807, 2.05) is 6.92 Å². The molecule has 0 aliphatic carbocycles. The van der Waals surface area contributed by atoms with E-state index in [1.54, 1.807) is 37.3 Å². The van der Waals surface area contributed by atoms with Crippen molar-refractivity contribution in [3.8, 4) is 0 Å². The fourth-order valence-corrected chi connectivity index (χ4v) is 2.36. The molecule has 0 saturated carbocycles. The first-order chi connectivity index (χ1) is 12.1. The van der Waals surface area contributed by atoms with Crippen LogP contribution in [0.5, 0.6) is 0 Å². The first kappa shape index (κ1) is 16.6. The molecule has 7 nitrogen and oxygen atoms in total. The third kappa shape index (κ3) is 3.65. The smallest absolute Gasteiger partial charge is 0.258 e. The zero-order valence-corrected chi connectivity index (χ0v) is 14.0. The number of carbonyl (C=O) groups is 2. The zero-order valence-electron chi connectivity index (χ0n) is 14.0. The van der Waals surface area contributed by atoms with Crippen LogP contribution in [-0.2, 0) is 0 Å². The molecule has 3 aromatic rings. The van der Waals surface area contributed by atoms with Gasteiger partial charge in [-0.1, -0.05) is 18.1 Å². The van der Waals surface area contributed by atoms with Crippen LogP contribution in [0.1, 0.15) is 39.8 Å². The molecule has 0 aliphatic heterocycles. The highest BCUT2D eigenvalue weighted by atomic mass is 16.5. The number of benzene rings is 1. The first-order valence-corrected chi connectivity index (χ1v) is 8.00. The number of hydrogen-bond acceptors (Lipinski definition) is 5. The Hall–Kier alpha value is -3.22. The summed E-state index contributed by atoms with van der Waals surface area (Å²) in [6.07, 6.45) is 2.35. The number of aryl methyl sites for hydroxylation is 1. The molecule has 0 saturated heterocycles. The van der Waals surface area contributed by atoms with E-state index >= 15 is 0 Å². The van der Waals surface area contributed by atoms with Gasteiger partial charge in [0, 0.05) is 17.7 Å². The highest BCUT2D eigenvalue weighted by Crippen LogP contribution is 2.20. The van der Waals surface area contributed by atoms with Crippen molar-refractivity contribution in [3.63, 3.8) is 0 Å². The van der Waals surface area contributed by atoms with Gasteiger partial charge in [-0.05, 0) is 37.6 Å². The Bertz CT molecular complexity index is 933. The summed E-state index contributed by atoms with van der Waals surface area (Å²) in [6.45, 7) is 4.38. The van der Waals surface area contributed by atoms with E-state index < -0.39 is 0 Å². The topological polar surface area (TPSA) is 97.1 Å². The minimum atomic E-state index is -0.319. The van der Waals surface area contributed by atoms with Gasteiger partial charge in [-0.15, -0.1) is 0 Å². The summed E-state index contributed by atoms with van der Waals surface area (Å²) < 4.78 is 5.05. The molecule has 0 fully saturated rings. The highest BCUT2D eigenvalue weighted by Gasteiger charge is 2.12. The molecular weight excluding hydrogens is 320 g/mol. The number of rotatable bonds is 5. The largest absolute Gasteiger partial charge is 0.352 e. The number of hydrogen-bond donors (Lipinski definition) is 2. The normalized spacial score (nSPS) is 10.6. The Morgan fingerprint density at radius 1 is 1.16 bits per heavy atom. The standard InChI is InChI=1S/C18H18N4O3/c1-3-7-19-16(23)12-5-4-6-13(8-12)17(24)21-14-9-15-11(2)22-25-18(15)20-10-14/h4-6,8-10H,3,7H2,1-2H3,(H,19,23)(H,21,24). The van der Waals surface area contributed by atoms with Crippen LogP contribution in [0.4, 0.5) is 5.69 Å². The number of nitrogens with one attached hydrogen (secondary N) is 2. The summed E-state index contributed by atoms with van der Waals surface area (Å²) in [5, 5.41) is 10.1. The van der Waals surface area contributed by atoms with Crippen LogP contribution < -0.4 is 10.6 Å². The molecular formula is C18H18N4O3. The molecule has 3 rings (SSSR count). The number of fused-ring (bicyclic) bond motifs is 1. The van der Waals surface area contributed by atoms with Gasteiger partial charge in [0.05, 0.1) is 23.0 Å². The maximum atomic E-state index is 12.5. The number of anilines is 1. The molecule has 0 radical (unpaired) electrons. The van der Waals surface area contributed by atoms with Crippen molar-refractivity contribution in [3.05, 3.63) is 53.3 Å². The molecule has 2 heterocycles. The van der Waals surface area contributed by atoms with Crippen molar-refractivity contribution in [2.45, 2.75) is 20.3 Å². The lowest BCUT2D eigenvalue weighted by Gasteiger charge is -2.07. The number of pyridine rings is 1. The average Bonchev–Trinajstić information content (AvgIpc) is 3.00. The van der Waals surface area contributed by atoms with Gasteiger partial charge in [0.15, 0.2) is 0 Å². The van der Waals surface area contributed by atoms with E-state index in [4.69, 9.17) is 4.52 Å². The van der Waals surface area contributed by atoms with Crippen molar-refractivity contribution in [1.82, 2.24) is 15.5 Å². The van der Waals surface area contributed by atoms with Crippen LogP contribution in [0.15, 0.2) is 41.1 Å². The molecule has 25 heavy (non-hydrogen) atoms. The van der Waals surface area contributed by atoms with Crippen molar-refractivity contribution < 1.29 is 14.1 Å². The molecule has 2 aromatic heterocycles. The minimum absolute atomic E-state index is 0.195. The number of aromatic nitrogens is 2. The van der Waals surface area contributed by atoms with E-state index in [1.165, 1.54) is 6.20 Å². The summed E-state index contributed by atoms with van der Waals surface area (Å²) in [7, 11) is 0. The lowest BCUT2D eigenvalue weighted by molar-refractivity contribution is 0.0953. The highest BCUT2D eigenvalue weighted by molar-refractivity contribution is 6.06. The van der Waals surface area contributed by atoms with Crippen LogP contribution in [0.3, 0.4) is 0 Å². The predicted molar refractivity (Wildman–Crippen MR) is 93.6 cm³/mol. The van der Waals surface area contributed by atoms with Gasteiger partial charge in [0.2, 0.25) is 0 Å². The van der Waals surface area contributed by atoms with Gasteiger partial charge in [0.25, 0.3) is 17.5 Å². The maximum Gasteiger partial charge on any atom is 0.258 e. The van der Waals surface area contributed by atoms with Crippen LogP contribution in [0.2, 0.25) is 0 Å². The SMILES string of the molecule is CCCNC(=O)c1cccc(C(=O)Nc2cnc3onc(C)c3c2)c1. The summed E-state index contributed by atoms with van der Waals surface area (Å²) >= 11 is 0. The molecule has 0 atom stereocenters. The molecule has 2 N–H and O–H groups in total. The lowest BCUT2D eigenvalue weighted by atomic mass is 10.1. The average molecular weight is 338 g/mol. The number of carbonyl (C=O) groups excluding carboxylic acids is 2. The van der Waals surface area contributed by atoms with Crippen LogP contribution >= 0.6 is 0 Å². The molecule has 0 spiro atoms. The van der Waals surface area contributed by atoms with Crippen molar-refractivity contribution in [2.75, 3.05) is 11.9 Å². The van der Waals surface area contributed by atoms with Crippen molar-refractivity contribution in [1.29, 1.82) is 0 Å². The fourth-order valence-electron chi connectivity index (χ4n) is 2.36. The second-order valence-electron chi connectivity index (χ2n) is 5.64. The van der Waals surface area contributed by atoms with E-state index in [0.717, 1.165) is 11.8 Å². The van der Waals surface area contributed by atoms with Crippen LogP contribution in [0, 0.1) is 6.92 Å². The van der Waals surface area contributed by atoms with Crippen molar-refractivity contribution >= 4 is 28.6 Å². The maximum absolute atomic E-state index is 12.5. The Morgan fingerprint density at radius 3 is 2.68 bits per heavy atom. The molecule has 0 unspecified atom stereocenters. The molecule has 1 aromatic carbocycles. The van der Waals surface area contributed by atoms with Gasteiger partial charge in [-0.2, -0.15) is 0 Å². The van der Waals surface area contributed by atoms with E-state index in [-0.39, 0.29) is 11.8 Å². The predicted octanol–water partition coefficient (Wildman–Crippen LogP) is 2.92. The fraction of sp³-hybridized carbons (Fsp3) is 0.222. The zero-order chi connectivity index (χ0) is 17.8. The van der Waals surface area contributed by atoms with Gasteiger partial charge in [-0.3, -0.25) is 9.59 Å². The van der Waals surface area contributed by atoms with Gasteiger partial charge in [0.1, 0.15) is 0 Å². The van der Waals surface area contributed by atoms with Crippen LogP contribution in [0.25, 0.3) is 11.1 Å². The van der Waals surface area contributed by atoms with Crippen LogP contribution in [-0.4, -0.2) is 28.5 Å². The van der Waals surface area contributed by atoms with Crippen molar-refractivity contribution in [2.24, 2.45) is 0 Å². The summed E-state index contributed by atoms with van der Waals surface area (Å²) in [6, 6.07) is 8.33. The molecule has 128 valence electrons. The van der Waals surface area contributed by atoms with E-state index in [0.29, 0.717) is 34.8 Å². The van der Waals surface area contributed by atoms with E-state index in [2.05, 4.69) is 20.8 Å².